The lowest BCUT2D eigenvalue weighted by atomic mass is 10.1. The Morgan fingerprint density at radius 2 is 1.53 bits per heavy atom. The summed E-state index contributed by atoms with van der Waals surface area (Å²) in [7, 11) is -1.56. The van der Waals surface area contributed by atoms with Gasteiger partial charge in [0.1, 0.15) is 6.54 Å². The summed E-state index contributed by atoms with van der Waals surface area (Å²) in [5.41, 5.74) is 4.72. The molecule has 0 heterocycles. The third-order valence-corrected chi connectivity index (χ3v) is 6.64. The molecule has 3 rings (SSSR count). The third-order valence-electron chi connectivity index (χ3n) is 4.83. The van der Waals surface area contributed by atoms with Gasteiger partial charge in [0.25, 0.3) is 0 Å². The molecule has 0 radical (unpaired) electrons. The molecule has 30 heavy (non-hydrogen) atoms. The van der Waals surface area contributed by atoms with Gasteiger partial charge >= 0.3 is 0 Å². The molecule has 1 atom stereocenters. The number of rotatable bonds is 7. The Balaban J connectivity index is 1.82. The van der Waals surface area contributed by atoms with Gasteiger partial charge in [0.05, 0.1) is 10.6 Å². The van der Waals surface area contributed by atoms with Crippen molar-refractivity contribution >= 4 is 34.2 Å². The van der Waals surface area contributed by atoms with Crippen LogP contribution in [0.2, 0.25) is 5.02 Å². The summed E-state index contributed by atoms with van der Waals surface area (Å²) in [4.78, 5) is 13.4. The van der Waals surface area contributed by atoms with Crippen molar-refractivity contribution in [3.05, 3.63) is 94.0 Å². The van der Waals surface area contributed by atoms with E-state index in [0.717, 1.165) is 16.7 Å². The number of nitrogens with one attached hydrogen (secondary N) is 1. The molecule has 1 amide bonds. The van der Waals surface area contributed by atoms with Gasteiger partial charge in [-0.25, -0.2) is 4.21 Å². The molecule has 4 nitrogen and oxygen atoms in total. The van der Waals surface area contributed by atoms with Crippen molar-refractivity contribution in [2.75, 3.05) is 10.8 Å². The van der Waals surface area contributed by atoms with Gasteiger partial charge in [0, 0.05) is 11.6 Å². The maximum atomic E-state index is 13.4. The van der Waals surface area contributed by atoms with Crippen LogP contribution in [0.1, 0.15) is 22.3 Å². The number of aryl methyl sites for hydroxylation is 2. The number of anilines is 1. The van der Waals surface area contributed by atoms with Crippen molar-refractivity contribution in [1.82, 2.24) is 5.32 Å². The second-order valence-electron chi connectivity index (χ2n) is 7.25. The molecule has 3 aromatic rings. The lowest BCUT2D eigenvalue weighted by Gasteiger charge is -2.25. The standard InChI is InChI=1S/C24H25ClN2O2S/c1-17-7-11-20(12-8-17)15-26-24(28)16-27(23-6-4-5-22(25)19(23)3)30(29)21-13-9-18(2)10-14-21/h4-14H,15-16H2,1-3H3,(H,26,28). The molecule has 0 aromatic heterocycles. The van der Waals surface area contributed by atoms with E-state index in [2.05, 4.69) is 5.32 Å². The highest BCUT2D eigenvalue weighted by molar-refractivity contribution is 7.86. The minimum Gasteiger partial charge on any atom is -0.350 e. The van der Waals surface area contributed by atoms with Crippen LogP contribution >= 0.6 is 11.6 Å². The molecule has 0 aliphatic carbocycles. The van der Waals surface area contributed by atoms with Crippen molar-refractivity contribution in [3.8, 4) is 0 Å². The van der Waals surface area contributed by atoms with Crippen molar-refractivity contribution < 1.29 is 9.00 Å². The second-order valence-corrected chi connectivity index (χ2v) is 9.06. The van der Waals surface area contributed by atoms with Gasteiger partial charge in [-0.2, -0.15) is 0 Å². The van der Waals surface area contributed by atoms with E-state index in [1.165, 1.54) is 5.56 Å². The van der Waals surface area contributed by atoms with Gasteiger partial charge < -0.3 is 5.32 Å². The Morgan fingerprint density at radius 3 is 2.17 bits per heavy atom. The predicted octanol–water partition coefficient (Wildman–Crippen LogP) is 5.11. The number of amides is 1. The zero-order valence-electron chi connectivity index (χ0n) is 17.3. The largest absolute Gasteiger partial charge is 0.350 e. The van der Waals surface area contributed by atoms with Crippen LogP contribution in [0.5, 0.6) is 0 Å². The molecule has 0 aliphatic rings. The van der Waals surface area contributed by atoms with Crippen molar-refractivity contribution in [1.29, 1.82) is 0 Å². The monoisotopic (exact) mass is 440 g/mol. The quantitative estimate of drug-likeness (QED) is 0.555. The molecular formula is C24H25ClN2O2S. The highest BCUT2D eigenvalue weighted by Gasteiger charge is 2.22. The summed E-state index contributed by atoms with van der Waals surface area (Å²) in [5, 5.41) is 3.49. The summed E-state index contributed by atoms with van der Waals surface area (Å²) in [6.45, 7) is 6.23. The Hall–Kier alpha value is -2.63. The van der Waals surface area contributed by atoms with Gasteiger partial charge in [0.2, 0.25) is 5.91 Å². The van der Waals surface area contributed by atoms with Crippen LogP contribution in [0.4, 0.5) is 5.69 Å². The first kappa shape index (κ1) is 22.1. The van der Waals surface area contributed by atoms with Gasteiger partial charge in [-0.05, 0) is 56.2 Å². The second kappa shape index (κ2) is 9.92. The molecular weight excluding hydrogens is 416 g/mol. The number of carbonyl (C=O) groups is 1. The number of nitrogens with zero attached hydrogens (tertiary/aromatic N) is 1. The fourth-order valence-electron chi connectivity index (χ4n) is 2.97. The van der Waals surface area contributed by atoms with Crippen LogP contribution in [0.25, 0.3) is 0 Å². The Kier molecular flexibility index (Phi) is 7.29. The maximum absolute atomic E-state index is 13.4. The molecule has 0 aliphatic heterocycles. The zero-order valence-corrected chi connectivity index (χ0v) is 18.9. The summed E-state index contributed by atoms with van der Waals surface area (Å²) >= 11 is 6.29. The normalized spacial score (nSPS) is 11.7. The minimum atomic E-state index is -1.56. The number of hydrogen-bond acceptors (Lipinski definition) is 2. The van der Waals surface area contributed by atoms with Crippen LogP contribution in [0.3, 0.4) is 0 Å². The van der Waals surface area contributed by atoms with Gasteiger partial charge in [-0.15, -0.1) is 0 Å². The van der Waals surface area contributed by atoms with Crippen molar-refractivity contribution in [2.45, 2.75) is 32.2 Å². The third kappa shape index (κ3) is 5.49. The topological polar surface area (TPSA) is 49.4 Å². The van der Waals surface area contributed by atoms with Crippen LogP contribution in [0, 0.1) is 20.8 Å². The molecule has 6 heteroatoms. The minimum absolute atomic E-state index is 0.0481. The Bertz CT molecular complexity index is 1050. The molecule has 0 bridgehead atoms. The first-order valence-corrected chi connectivity index (χ1v) is 11.2. The van der Waals surface area contributed by atoms with Crippen LogP contribution in [-0.2, 0) is 22.3 Å². The van der Waals surface area contributed by atoms with E-state index in [4.69, 9.17) is 11.6 Å². The van der Waals surface area contributed by atoms with E-state index in [9.17, 15) is 9.00 Å². The number of halogens is 1. The van der Waals surface area contributed by atoms with E-state index < -0.39 is 11.0 Å². The summed E-state index contributed by atoms with van der Waals surface area (Å²) in [6.07, 6.45) is 0. The van der Waals surface area contributed by atoms with E-state index in [0.29, 0.717) is 22.2 Å². The van der Waals surface area contributed by atoms with Crippen LogP contribution in [0.15, 0.2) is 71.6 Å². The summed E-state index contributed by atoms with van der Waals surface area (Å²) in [6, 6.07) is 20.9. The van der Waals surface area contributed by atoms with Gasteiger partial charge in [0.15, 0.2) is 11.0 Å². The molecule has 0 fully saturated rings. The van der Waals surface area contributed by atoms with E-state index in [-0.39, 0.29) is 12.5 Å². The predicted molar refractivity (Wildman–Crippen MR) is 124 cm³/mol. The number of hydrogen-bond donors (Lipinski definition) is 1. The van der Waals surface area contributed by atoms with E-state index >= 15 is 0 Å². The van der Waals surface area contributed by atoms with Crippen LogP contribution in [-0.4, -0.2) is 16.7 Å². The van der Waals surface area contributed by atoms with E-state index in [1.54, 1.807) is 16.4 Å². The fourth-order valence-corrected chi connectivity index (χ4v) is 4.38. The fraction of sp³-hybridized carbons (Fsp3) is 0.208. The summed E-state index contributed by atoms with van der Waals surface area (Å²) < 4.78 is 15.0. The molecule has 0 spiro atoms. The SMILES string of the molecule is Cc1ccc(CNC(=O)CN(c2cccc(Cl)c2C)S(=O)c2ccc(C)cc2)cc1. The lowest BCUT2D eigenvalue weighted by molar-refractivity contribution is -0.119. The molecule has 3 aromatic carbocycles. The summed E-state index contributed by atoms with van der Waals surface area (Å²) in [5.74, 6) is -0.213. The zero-order chi connectivity index (χ0) is 21.7. The van der Waals surface area contributed by atoms with Gasteiger partial charge in [-0.1, -0.05) is 65.2 Å². The highest BCUT2D eigenvalue weighted by atomic mass is 35.5. The van der Waals surface area contributed by atoms with E-state index in [1.807, 2.05) is 75.4 Å². The number of carbonyl (C=O) groups excluding carboxylic acids is 1. The van der Waals surface area contributed by atoms with Crippen molar-refractivity contribution in [3.63, 3.8) is 0 Å². The molecule has 156 valence electrons. The molecule has 1 unspecified atom stereocenters. The first-order valence-electron chi connectivity index (χ1n) is 9.68. The molecule has 1 N–H and O–H groups in total. The maximum Gasteiger partial charge on any atom is 0.240 e. The van der Waals surface area contributed by atoms with Gasteiger partial charge in [-0.3, -0.25) is 9.10 Å². The first-order chi connectivity index (χ1) is 14.3. The van der Waals surface area contributed by atoms with Crippen LogP contribution < -0.4 is 9.62 Å². The smallest absolute Gasteiger partial charge is 0.240 e. The highest BCUT2D eigenvalue weighted by Crippen LogP contribution is 2.29. The van der Waals surface area contributed by atoms with Crippen molar-refractivity contribution in [2.24, 2.45) is 0 Å². The lowest BCUT2D eigenvalue weighted by Crippen LogP contribution is -2.38. The molecule has 0 saturated carbocycles. The Morgan fingerprint density at radius 1 is 0.933 bits per heavy atom. The average Bonchev–Trinajstić information content (AvgIpc) is 2.74. The Labute approximate surface area is 185 Å². The average molecular weight is 441 g/mol. The number of benzene rings is 3. The molecule has 0 saturated heterocycles.